The number of amidine groups is 1. The van der Waals surface area contributed by atoms with E-state index >= 15 is 0 Å². The van der Waals surface area contributed by atoms with Crippen LogP contribution in [0.4, 0.5) is 5.95 Å². The van der Waals surface area contributed by atoms with E-state index in [4.69, 9.17) is 0 Å². The average Bonchev–Trinajstić information content (AvgIpc) is 3.06. The van der Waals surface area contributed by atoms with Crippen LogP contribution in [-0.2, 0) is 6.54 Å². The standard InChI is InChI=1S/C20H16N4O2/c1-13-7-5-6-10-15(13)19(26)22-17-12-24-18(25)11-16(21-20(24)23-17)14-8-3-2-4-9-14/h2-11H,12H2,1H3,(H,21,22,23,26). The summed E-state index contributed by atoms with van der Waals surface area (Å²) in [7, 11) is 0. The van der Waals surface area contributed by atoms with E-state index in [1.807, 2.05) is 55.5 Å². The summed E-state index contributed by atoms with van der Waals surface area (Å²) < 4.78 is 1.44. The molecule has 6 heteroatoms. The van der Waals surface area contributed by atoms with Crippen LogP contribution >= 0.6 is 0 Å². The van der Waals surface area contributed by atoms with Crippen molar-refractivity contribution in [1.29, 1.82) is 0 Å². The van der Waals surface area contributed by atoms with Gasteiger partial charge < -0.3 is 5.32 Å². The van der Waals surface area contributed by atoms with Gasteiger partial charge in [0.15, 0.2) is 0 Å². The van der Waals surface area contributed by atoms with Crippen molar-refractivity contribution in [2.24, 2.45) is 4.99 Å². The highest BCUT2D eigenvalue weighted by molar-refractivity contribution is 6.08. The van der Waals surface area contributed by atoms with E-state index in [0.717, 1.165) is 11.1 Å². The minimum Gasteiger partial charge on any atom is -0.308 e. The zero-order valence-corrected chi connectivity index (χ0v) is 14.1. The summed E-state index contributed by atoms with van der Waals surface area (Å²) in [6.45, 7) is 2.08. The van der Waals surface area contributed by atoms with Crippen LogP contribution in [0, 0.1) is 6.92 Å². The number of nitrogens with zero attached hydrogens (tertiary/aromatic N) is 3. The molecule has 4 rings (SSSR count). The van der Waals surface area contributed by atoms with Crippen molar-refractivity contribution < 1.29 is 4.79 Å². The predicted octanol–water partition coefficient (Wildman–Crippen LogP) is 2.69. The van der Waals surface area contributed by atoms with Crippen molar-refractivity contribution in [3.63, 3.8) is 0 Å². The third kappa shape index (κ3) is 2.93. The topological polar surface area (TPSA) is 76.3 Å². The molecule has 3 aromatic rings. The SMILES string of the molecule is Cc1ccccc1C(=O)NC1=Nc2nc(-c3ccccc3)cc(=O)n2C1. The van der Waals surface area contributed by atoms with Crippen molar-refractivity contribution in [1.82, 2.24) is 14.9 Å². The van der Waals surface area contributed by atoms with Crippen LogP contribution in [0.15, 0.2) is 70.5 Å². The lowest BCUT2D eigenvalue weighted by Gasteiger charge is -2.07. The fraction of sp³-hybridized carbons (Fsp3) is 0.100. The number of hydrogen-bond donors (Lipinski definition) is 1. The molecule has 1 aliphatic rings. The molecule has 1 amide bonds. The number of aryl methyl sites for hydroxylation is 1. The first-order valence-electron chi connectivity index (χ1n) is 8.24. The van der Waals surface area contributed by atoms with Crippen molar-refractivity contribution in [3.8, 4) is 11.3 Å². The van der Waals surface area contributed by atoms with Gasteiger partial charge in [-0.05, 0) is 18.6 Å². The van der Waals surface area contributed by atoms with Crippen LogP contribution in [0.2, 0.25) is 0 Å². The lowest BCUT2D eigenvalue weighted by Crippen LogP contribution is -2.33. The van der Waals surface area contributed by atoms with E-state index in [9.17, 15) is 9.59 Å². The molecule has 0 bridgehead atoms. The molecule has 26 heavy (non-hydrogen) atoms. The van der Waals surface area contributed by atoms with Crippen LogP contribution < -0.4 is 10.9 Å². The molecule has 2 heterocycles. The van der Waals surface area contributed by atoms with E-state index in [2.05, 4.69) is 15.3 Å². The molecule has 0 radical (unpaired) electrons. The second kappa shape index (κ2) is 6.40. The highest BCUT2D eigenvalue weighted by Crippen LogP contribution is 2.20. The lowest BCUT2D eigenvalue weighted by molar-refractivity contribution is 0.0976. The number of carbonyl (C=O) groups excluding carboxylic acids is 1. The maximum absolute atomic E-state index is 12.4. The Morgan fingerprint density at radius 2 is 1.81 bits per heavy atom. The molecule has 6 nitrogen and oxygen atoms in total. The summed E-state index contributed by atoms with van der Waals surface area (Å²) in [6.07, 6.45) is 0. The number of amides is 1. The van der Waals surface area contributed by atoms with Gasteiger partial charge in [-0.25, -0.2) is 4.98 Å². The number of aromatic nitrogens is 2. The van der Waals surface area contributed by atoms with Crippen LogP contribution in [0.1, 0.15) is 15.9 Å². The van der Waals surface area contributed by atoms with Gasteiger partial charge in [0.25, 0.3) is 11.5 Å². The molecule has 128 valence electrons. The molecular formula is C20H16N4O2. The van der Waals surface area contributed by atoms with Gasteiger partial charge in [0.05, 0.1) is 12.2 Å². The fourth-order valence-corrected chi connectivity index (χ4v) is 2.88. The maximum atomic E-state index is 12.4. The predicted molar refractivity (Wildman–Crippen MR) is 99.7 cm³/mol. The first-order chi connectivity index (χ1) is 12.6. The Kier molecular flexibility index (Phi) is 3.93. The molecule has 0 fully saturated rings. The Morgan fingerprint density at radius 1 is 1.08 bits per heavy atom. The summed E-state index contributed by atoms with van der Waals surface area (Å²) in [4.78, 5) is 33.6. The average molecular weight is 344 g/mol. The molecule has 0 atom stereocenters. The van der Waals surface area contributed by atoms with Crippen molar-refractivity contribution in [2.45, 2.75) is 13.5 Å². The first kappa shape index (κ1) is 16.0. The smallest absolute Gasteiger partial charge is 0.256 e. The quantitative estimate of drug-likeness (QED) is 0.776. The third-order valence-corrected chi connectivity index (χ3v) is 4.25. The fourth-order valence-electron chi connectivity index (χ4n) is 2.88. The Morgan fingerprint density at radius 3 is 2.58 bits per heavy atom. The van der Waals surface area contributed by atoms with Gasteiger partial charge in [-0.3, -0.25) is 14.2 Å². The monoisotopic (exact) mass is 344 g/mol. The summed E-state index contributed by atoms with van der Waals surface area (Å²) in [6, 6.07) is 18.3. The molecule has 1 N–H and O–H groups in total. The second-order valence-electron chi connectivity index (χ2n) is 6.06. The molecule has 0 saturated heterocycles. The van der Waals surface area contributed by atoms with E-state index < -0.39 is 0 Å². The maximum Gasteiger partial charge on any atom is 0.256 e. The van der Waals surface area contributed by atoms with E-state index in [-0.39, 0.29) is 18.0 Å². The third-order valence-electron chi connectivity index (χ3n) is 4.25. The largest absolute Gasteiger partial charge is 0.308 e. The molecule has 1 aliphatic heterocycles. The second-order valence-corrected chi connectivity index (χ2v) is 6.06. The number of rotatable bonds is 2. The van der Waals surface area contributed by atoms with Gasteiger partial charge in [-0.15, -0.1) is 0 Å². The molecule has 0 unspecified atom stereocenters. The Balaban J connectivity index is 1.62. The number of carbonyl (C=O) groups is 1. The molecular weight excluding hydrogens is 328 g/mol. The Labute approximate surface area is 149 Å². The number of benzene rings is 2. The van der Waals surface area contributed by atoms with Crippen LogP contribution in [-0.4, -0.2) is 21.3 Å². The van der Waals surface area contributed by atoms with E-state index in [1.165, 1.54) is 10.6 Å². The van der Waals surface area contributed by atoms with E-state index in [0.29, 0.717) is 23.0 Å². The van der Waals surface area contributed by atoms with Gasteiger partial charge in [0.2, 0.25) is 5.95 Å². The zero-order valence-electron chi connectivity index (χ0n) is 14.1. The number of hydrogen-bond acceptors (Lipinski definition) is 4. The number of fused-ring (bicyclic) bond motifs is 1. The van der Waals surface area contributed by atoms with Crippen molar-refractivity contribution in [3.05, 3.63) is 82.1 Å². The first-order valence-corrected chi connectivity index (χ1v) is 8.24. The van der Waals surface area contributed by atoms with Crippen LogP contribution in [0.25, 0.3) is 11.3 Å². The molecule has 0 saturated carbocycles. The Hall–Kier alpha value is -3.54. The minimum atomic E-state index is -0.244. The van der Waals surface area contributed by atoms with Gasteiger partial charge in [0, 0.05) is 17.2 Å². The zero-order chi connectivity index (χ0) is 18.1. The highest BCUT2D eigenvalue weighted by atomic mass is 16.2. The summed E-state index contributed by atoms with van der Waals surface area (Å²) in [5, 5.41) is 2.78. The van der Waals surface area contributed by atoms with Gasteiger partial charge in [0.1, 0.15) is 5.84 Å². The summed E-state index contributed by atoms with van der Waals surface area (Å²) in [5.74, 6) is 0.468. The normalized spacial score (nSPS) is 12.4. The molecule has 0 aliphatic carbocycles. The summed E-state index contributed by atoms with van der Waals surface area (Å²) in [5.41, 5.74) is 2.68. The van der Waals surface area contributed by atoms with Crippen molar-refractivity contribution >= 4 is 17.7 Å². The van der Waals surface area contributed by atoms with Crippen LogP contribution in [0.5, 0.6) is 0 Å². The number of nitrogens with one attached hydrogen (secondary N) is 1. The van der Waals surface area contributed by atoms with Gasteiger partial charge in [-0.1, -0.05) is 48.5 Å². The molecule has 1 aromatic heterocycles. The number of aliphatic imine (C=N–C) groups is 1. The minimum absolute atomic E-state index is 0.197. The summed E-state index contributed by atoms with van der Waals surface area (Å²) >= 11 is 0. The van der Waals surface area contributed by atoms with E-state index in [1.54, 1.807) is 6.07 Å². The molecule has 0 spiro atoms. The van der Waals surface area contributed by atoms with Crippen LogP contribution in [0.3, 0.4) is 0 Å². The van der Waals surface area contributed by atoms with Crippen molar-refractivity contribution in [2.75, 3.05) is 0 Å². The molecule has 2 aromatic carbocycles. The Bertz CT molecular complexity index is 1080. The highest BCUT2D eigenvalue weighted by Gasteiger charge is 2.20. The lowest BCUT2D eigenvalue weighted by atomic mass is 10.1. The van der Waals surface area contributed by atoms with Gasteiger partial charge >= 0.3 is 0 Å². The van der Waals surface area contributed by atoms with Gasteiger partial charge in [-0.2, -0.15) is 4.99 Å².